The Morgan fingerprint density at radius 2 is 2.05 bits per heavy atom. The Labute approximate surface area is 129 Å². The van der Waals surface area contributed by atoms with E-state index in [0.29, 0.717) is 12.4 Å². The molecule has 0 saturated carbocycles. The van der Waals surface area contributed by atoms with Gasteiger partial charge in [0.05, 0.1) is 6.54 Å². The molecule has 1 rings (SSSR count). The summed E-state index contributed by atoms with van der Waals surface area (Å²) >= 11 is 5.61. The molecule has 0 aliphatic carbocycles. The maximum atomic E-state index is 12.3. The molecule has 0 atom stereocenters. The van der Waals surface area contributed by atoms with Gasteiger partial charge in [0, 0.05) is 19.8 Å². The van der Waals surface area contributed by atoms with Crippen LogP contribution in [0.25, 0.3) is 0 Å². The zero-order valence-electron chi connectivity index (χ0n) is 17.0. The SMILES string of the molecule is [2H]C([2H])([2H])c1cccc(C([2H])([2H])[2H])c1NC(=O)CN(C)CCCCCl. The number of likely N-dealkylation sites (N-methyl/N-ethyl adjacent to an activating group) is 1. The molecule has 19 heavy (non-hydrogen) atoms. The second-order valence-electron chi connectivity index (χ2n) is 4.41. The molecule has 0 aliphatic rings. The molecule has 0 radical (unpaired) electrons. The number of para-hydroxylation sites is 1. The fourth-order valence-electron chi connectivity index (χ4n) is 1.67. The standard InChI is InChI=1S/C15H23ClN2O/c1-12-7-6-8-13(2)15(12)17-14(19)11-18(3)10-5-4-9-16/h6-8H,4-5,9-11H2,1-3H3,(H,17,19)/i1D3,2D3. The Morgan fingerprint density at radius 3 is 2.63 bits per heavy atom. The highest BCUT2D eigenvalue weighted by Gasteiger charge is 2.09. The monoisotopic (exact) mass is 288 g/mol. The molecule has 4 heteroatoms. The van der Waals surface area contributed by atoms with E-state index < -0.39 is 19.6 Å². The molecule has 0 bridgehead atoms. The van der Waals surface area contributed by atoms with Crippen LogP contribution in [0.5, 0.6) is 0 Å². The first-order chi connectivity index (χ1) is 11.5. The minimum Gasteiger partial charge on any atom is -0.324 e. The lowest BCUT2D eigenvalue weighted by Crippen LogP contribution is -2.31. The van der Waals surface area contributed by atoms with Gasteiger partial charge in [0.15, 0.2) is 0 Å². The van der Waals surface area contributed by atoms with Crippen molar-refractivity contribution in [2.24, 2.45) is 0 Å². The average molecular weight is 289 g/mol. The second-order valence-corrected chi connectivity index (χ2v) is 4.79. The number of alkyl halides is 1. The summed E-state index contributed by atoms with van der Waals surface area (Å²) in [6.45, 7) is -4.38. The van der Waals surface area contributed by atoms with Crippen LogP contribution in [-0.4, -0.2) is 36.8 Å². The zero-order chi connectivity index (χ0) is 19.3. The maximum Gasteiger partial charge on any atom is 0.238 e. The van der Waals surface area contributed by atoms with Gasteiger partial charge in [-0.3, -0.25) is 9.69 Å². The topological polar surface area (TPSA) is 32.3 Å². The van der Waals surface area contributed by atoms with Crippen molar-refractivity contribution in [1.29, 1.82) is 0 Å². The predicted octanol–water partition coefficient (Wildman–Crippen LogP) is 3.19. The Morgan fingerprint density at radius 1 is 1.37 bits per heavy atom. The largest absolute Gasteiger partial charge is 0.324 e. The van der Waals surface area contributed by atoms with E-state index in [1.165, 1.54) is 18.2 Å². The van der Waals surface area contributed by atoms with Crippen molar-refractivity contribution < 1.29 is 13.0 Å². The van der Waals surface area contributed by atoms with Crippen LogP contribution in [0.2, 0.25) is 0 Å². The summed E-state index contributed by atoms with van der Waals surface area (Å²) in [6, 6.07) is 3.99. The molecular weight excluding hydrogens is 260 g/mol. The number of benzene rings is 1. The van der Waals surface area contributed by atoms with E-state index in [2.05, 4.69) is 5.32 Å². The number of rotatable bonds is 7. The lowest BCUT2D eigenvalue weighted by Gasteiger charge is -2.17. The van der Waals surface area contributed by atoms with Crippen molar-refractivity contribution in [3.05, 3.63) is 29.3 Å². The van der Waals surface area contributed by atoms with E-state index in [4.69, 9.17) is 19.8 Å². The minimum atomic E-state index is -2.53. The van der Waals surface area contributed by atoms with Crippen molar-refractivity contribution in [3.63, 3.8) is 0 Å². The van der Waals surface area contributed by atoms with E-state index in [9.17, 15) is 4.79 Å². The molecule has 0 spiro atoms. The van der Waals surface area contributed by atoms with Crippen LogP contribution < -0.4 is 5.32 Å². The van der Waals surface area contributed by atoms with Crippen molar-refractivity contribution in [1.82, 2.24) is 4.90 Å². The molecule has 0 unspecified atom stereocenters. The van der Waals surface area contributed by atoms with Crippen molar-refractivity contribution >= 4 is 23.2 Å². The van der Waals surface area contributed by atoms with Gasteiger partial charge < -0.3 is 5.32 Å². The van der Waals surface area contributed by atoms with Gasteiger partial charge in [-0.1, -0.05) is 18.2 Å². The Hall–Kier alpha value is -1.06. The van der Waals surface area contributed by atoms with Crippen molar-refractivity contribution in [3.8, 4) is 0 Å². The van der Waals surface area contributed by atoms with E-state index in [1.54, 1.807) is 11.9 Å². The molecule has 0 heterocycles. The van der Waals surface area contributed by atoms with Crippen molar-refractivity contribution in [2.45, 2.75) is 26.5 Å². The lowest BCUT2D eigenvalue weighted by molar-refractivity contribution is -0.117. The smallest absolute Gasteiger partial charge is 0.238 e. The second kappa shape index (κ2) is 8.18. The number of hydrogen-bond donors (Lipinski definition) is 1. The van der Waals surface area contributed by atoms with Crippen LogP contribution in [0.4, 0.5) is 5.69 Å². The van der Waals surface area contributed by atoms with Gasteiger partial charge >= 0.3 is 0 Å². The average Bonchev–Trinajstić information content (AvgIpc) is 2.45. The molecule has 0 saturated heterocycles. The first kappa shape index (κ1) is 8.98. The molecule has 0 fully saturated rings. The summed E-state index contributed by atoms with van der Waals surface area (Å²) in [5, 5.41) is 2.49. The van der Waals surface area contributed by atoms with Gasteiger partial charge in [-0.15, -0.1) is 11.6 Å². The molecular formula is C15H23ClN2O. The number of anilines is 1. The normalized spacial score (nSPS) is 16.8. The molecule has 106 valence electrons. The molecule has 1 aromatic rings. The Bertz CT molecular complexity index is 556. The van der Waals surface area contributed by atoms with Crippen LogP contribution >= 0.6 is 11.6 Å². The summed E-state index contributed by atoms with van der Waals surface area (Å²) in [5.41, 5.74) is -0.514. The van der Waals surface area contributed by atoms with Gasteiger partial charge in [-0.2, -0.15) is 0 Å². The van der Waals surface area contributed by atoms with Gasteiger partial charge in [0.25, 0.3) is 0 Å². The summed E-state index contributed by atoms with van der Waals surface area (Å²) < 4.78 is 45.5. The summed E-state index contributed by atoms with van der Waals surface area (Å²) in [6.07, 6.45) is 1.66. The third kappa shape index (κ3) is 5.62. The maximum absolute atomic E-state index is 12.3. The highest BCUT2D eigenvalue weighted by molar-refractivity contribution is 6.17. The molecule has 0 aromatic heterocycles. The molecule has 3 nitrogen and oxygen atoms in total. The van der Waals surface area contributed by atoms with Crippen LogP contribution in [0, 0.1) is 13.7 Å². The number of amides is 1. The van der Waals surface area contributed by atoms with E-state index in [-0.39, 0.29) is 23.4 Å². The third-order valence-corrected chi connectivity index (χ3v) is 2.93. The molecule has 1 amide bonds. The first-order valence-electron chi connectivity index (χ1n) is 9.15. The fourth-order valence-corrected chi connectivity index (χ4v) is 1.86. The third-order valence-electron chi connectivity index (χ3n) is 2.67. The Kier molecular flexibility index (Phi) is 3.87. The van der Waals surface area contributed by atoms with Crippen LogP contribution in [0.15, 0.2) is 18.2 Å². The van der Waals surface area contributed by atoms with Gasteiger partial charge in [-0.05, 0) is 51.3 Å². The number of carbonyl (C=O) groups excluding carboxylic acids is 1. The number of carbonyl (C=O) groups is 1. The Balaban J connectivity index is 3.01. The highest BCUT2D eigenvalue weighted by atomic mass is 35.5. The fraction of sp³-hybridized carbons (Fsp3) is 0.533. The number of hydrogen-bond acceptors (Lipinski definition) is 2. The van der Waals surface area contributed by atoms with Crippen LogP contribution in [-0.2, 0) is 4.79 Å². The number of nitrogens with zero attached hydrogens (tertiary/aromatic N) is 1. The summed E-state index contributed by atoms with van der Waals surface area (Å²) in [5.74, 6) is 0.0871. The number of unbranched alkanes of at least 4 members (excludes halogenated alkanes) is 1. The van der Waals surface area contributed by atoms with E-state index in [1.807, 2.05) is 0 Å². The predicted molar refractivity (Wildman–Crippen MR) is 82.0 cm³/mol. The number of nitrogens with one attached hydrogen (secondary N) is 1. The molecule has 1 N–H and O–H groups in total. The van der Waals surface area contributed by atoms with Gasteiger partial charge in [0.2, 0.25) is 5.91 Å². The van der Waals surface area contributed by atoms with Crippen molar-refractivity contribution in [2.75, 3.05) is 31.3 Å². The highest BCUT2D eigenvalue weighted by Crippen LogP contribution is 2.19. The quantitative estimate of drug-likeness (QED) is 0.617. The summed E-state index contributed by atoms with van der Waals surface area (Å²) in [4.78, 5) is 14.0. The van der Waals surface area contributed by atoms with Crippen LogP contribution in [0.1, 0.15) is 32.2 Å². The van der Waals surface area contributed by atoms with Crippen LogP contribution in [0.3, 0.4) is 0 Å². The number of halogens is 1. The molecule has 0 aliphatic heterocycles. The lowest BCUT2D eigenvalue weighted by atomic mass is 10.1. The minimum absolute atomic E-state index is 0.0259. The van der Waals surface area contributed by atoms with Gasteiger partial charge in [-0.25, -0.2) is 0 Å². The van der Waals surface area contributed by atoms with E-state index in [0.717, 1.165) is 12.8 Å². The van der Waals surface area contributed by atoms with Gasteiger partial charge in [0.1, 0.15) is 0 Å². The zero-order valence-corrected chi connectivity index (χ0v) is 11.8. The first-order valence-corrected chi connectivity index (χ1v) is 6.68. The summed E-state index contributed by atoms with van der Waals surface area (Å²) in [7, 11) is 1.76. The van der Waals surface area contributed by atoms with E-state index >= 15 is 0 Å². The molecule has 1 aromatic carbocycles. The number of aryl methyl sites for hydroxylation is 2.